The van der Waals surface area contributed by atoms with Crippen LogP contribution in [0.2, 0.25) is 0 Å². The summed E-state index contributed by atoms with van der Waals surface area (Å²) in [5.41, 5.74) is 1.54. The summed E-state index contributed by atoms with van der Waals surface area (Å²) in [7, 11) is 0. The van der Waals surface area contributed by atoms with Crippen LogP contribution in [-0.4, -0.2) is 32.3 Å². The van der Waals surface area contributed by atoms with Gasteiger partial charge in [-0.15, -0.1) is 10.2 Å². The first kappa shape index (κ1) is 11.8. The molecule has 0 spiro atoms. The lowest BCUT2D eigenvalue weighted by Crippen LogP contribution is -2.19. The van der Waals surface area contributed by atoms with Gasteiger partial charge in [-0.25, -0.2) is 4.98 Å². The third-order valence-corrected chi connectivity index (χ3v) is 3.48. The smallest absolute Gasteiger partial charge is 0.306 e. The van der Waals surface area contributed by atoms with Crippen LogP contribution < -0.4 is 5.32 Å². The summed E-state index contributed by atoms with van der Waals surface area (Å²) >= 11 is 0. The second-order valence-electron chi connectivity index (χ2n) is 4.81. The minimum atomic E-state index is -0.721. The van der Waals surface area contributed by atoms with Crippen LogP contribution >= 0.6 is 0 Å². The maximum Gasteiger partial charge on any atom is 0.306 e. The molecule has 2 atom stereocenters. The van der Waals surface area contributed by atoms with Crippen molar-refractivity contribution in [2.45, 2.75) is 25.3 Å². The normalized spacial score (nSPS) is 22.5. The molecule has 6 heteroatoms. The van der Waals surface area contributed by atoms with E-state index in [0.29, 0.717) is 18.8 Å². The van der Waals surface area contributed by atoms with Gasteiger partial charge in [-0.05, 0) is 31.4 Å². The molecule has 2 N–H and O–H groups in total. The Balaban J connectivity index is 1.73. The summed E-state index contributed by atoms with van der Waals surface area (Å²) in [5, 5.41) is 20.2. The lowest BCUT2D eigenvalue weighted by atomic mass is 10.1. The summed E-state index contributed by atoms with van der Waals surface area (Å²) in [6.07, 6.45) is 2.15. The standard InChI is InChI=1S/C13H14N4O2/c18-12(19)8-5-6-9(7-8)14-13-15-10-3-1-2-4-11(10)16-17-13/h1-4,8-9H,5-7H2,(H,18,19)(H,14,15,17)/t8-,9+/m1/s1. The topological polar surface area (TPSA) is 88.0 Å². The number of carbonyl (C=O) groups is 1. The Hall–Kier alpha value is -2.24. The SMILES string of the molecule is O=C(O)[C@@H]1CC[C@H](Nc2nnc3ccccc3n2)C1. The van der Waals surface area contributed by atoms with Crippen molar-refractivity contribution in [1.82, 2.24) is 15.2 Å². The third-order valence-electron chi connectivity index (χ3n) is 3.48. The van der Waals surface area contributed by atoms with Gasteiger partial charge in [0.15, 0.2) is 0 Å². The first-order chi connectivity index (χ1) is 9.22. The molecule has 0 unspecified atom stereocenters. The van der Waals surface area contributed by atoms with Crippen molar-refractivity contribution in [2.75, 3.05) is 5.32 Å². The zero-order valence-electron chi connectivity index (χ0n) is 10.3. The summed E-state index contributed by atoms with van der Waals surface area (Å²) < 4.78 is 0. The number of hydrogen-bond donors (Lipinski definition) is 2. The minimum absolute atomic E-state index is 0.115. The fraction of sp³-hybridized carbons (Fsp3) is 0.385. The fourth-order valence-corrected chi connectivity index (χ4v) is 2.46. The minimum Gasteiger partial charge on any atom is -0.481 e. The summed E-state index contributed by atoms with van der Waals surface area (Å²) in [5.74, 6) is -0.512. The van der Waals surface area contributed by atoms with E-state index < -0.39 is 5.97 Å². The van der Waals surface area contributed by atoms with Gasteiger partial charge < -0.3 is 10.4 Å². The van der Waals surface area contributed by atoms with Crippen LogP contribution in [0.3, 0.4) is 0 Å². The number of nitrogens with zero attached hydrogens (tertiary/aromatic N) is 3. The lowest BCUT2D eigenvalue weighted by molar-refractivity contribution is -0.141. The number of carboxylic acids is 1. The number of benzene rings is 1. The van der Waals surface area contributed by atoms with Gasteiger partial charge in [-0.2, -0.15) is 0 Å². The van der Waals surface area contributed by atoms with Crippen LogP contribution in [0.5, 0.6) is 0 Å². The molecule has 1 aromatic carbocycles. The number of nitrogens with one attached hydrogen (secondary N) is 1. The number of rotatable bonds is 3. The molecule has 0 radical (unpaired) electrons. The quantitative estimate of drug-likeness (QED) is 0.871. The predicted octanol–water partition coefficient (Wildman–Crippen LogP) is 1.69. The number of aromatic nitrogens is 3. The molecule has 3 rings (SSSR count). The molecule has 1 aliphatic carbocycles. The monoisotopic (exact) mass is 258 g/mol. The molecule has 0 saturated heterocycles. The van der Waals surface area contributed by atoms with Gasteiger partial charge in [-0.1, -0.05) is 12.1 Å². The van der Waals surface area contributed by atoms with Gasteiger partial charge in [0, 0.05) is 6.04 Å². The number of para-hydroxylation sites is 1. The van der Waals surface area contributed by atoms with E-state index in [0.717, 1.165) is 17.5 Å². The van der Waals surface area contributed by atoms with Gasteiger partial charge in [-0.3, -0.25) is 4.79 Å². The highest BCUT2D eigenvalue weighted by atomic mass is 16.4. The molecule has 0 aliphatic heterocycles. The molecule has 1 saturated carbocycles. The average Bonchev–Trinajstić information content (AvgIpc) is 2.87. The Morgan fingerprint density at radius 2 is 2.00 bits per heavy atom. The highest BCUT2D eigenvalue weighted by molar-refractivity contribution is 5.74. The van der Waals surface area contributed by atoms with E-state index in [9.17, 15) is 4.79 Å². The first-order valence-corrected chi connectivity index (χ1v) is 6.31. The Labute approximate surface area is 109 Å². The highest BCUT2D eigenvalue weighted by Gasteiger charge is 2.30. The van der Waals surface area contributed by atoms with E-state index in [1.807, 2.05) is 24.3 Å². The van der Waals surface area contributed by atoms with Gasteiger partial charge in [0.25, 0.3) is 0 Å². The van der Waals surface area contributed by atoms with E-state index in [1.165, 1.54) is 0 Å². The molecular formula is C13H14N4O2. The molecule has 98 valence electrons. The largest absolute Gasteiger partial charge is 0.481 e. The second kappa shape index (κ2) is 4.79. The molecular weight excluding hydrogens is 244 g/mol. The van der Waals surface area contributed by atoms with Gasteiger partial charge in [0.1, 0.15) is 5.52 Å². The predicted molar refractivity (Wildman–Crippen MR) is 69.7 cm³/mol. The summed E-state index contributed by atoms with van der Waals surface area (Å²) in [6, 6.07) is 7.64. The summed E-state index contributed by atoms with van der Waals surface area (Å²) in [6.45, 7) is 0. The molecule has 2 aromatic rings. The maximum atomic E-state index is 10.9. The van der Waals surface area contributed by atoms with Crippen LogP contribution in [0.1, 0.15) is 19.3 Å². The van der Waals surface area contributed by atoms with Crippen LogP contribution in [0.15, 0.2) is 24.3 Å². The number of fused-ring (bicyclic) bond motifs is 1. The van der Waals surface area contributed by atoms with Crippen molar-refractivity contribution in [3.8, 4) is 0 Å². The number of anilines is 1. The van der Waals surface area contributed by atoms with E-state index in [1.54, 1.807) is 0 Å². The average molecular weight is 258 g/mol. The third kappa shape index (κ3) is 2.47. The van der Waals surface area contributed by atoms with Crippen LogP contribution in [0.25, 0.3) is 11.0 Å². The maximum absolute atomic E-state index is 10.9. The van der Waals surface area contributed by atoms with Crippen molar-refractivity contribution in [3.63, 3.8) is 0 Å². The van der Waals surface area contributed by atoms with Crippen LogP contribution in [0, 0.1) is 5.92 Å². The number of hydrogen-bond acceptors (Lipinski definition) is 5. The zero-order chi connectivity index (χ0) is 13.2. The molecule has 1 aromatic heterocycles. The van der Waals surface area contributed by atoms with E-state index >= 15 is 0 Å². The van der Waals surface area contributed by atoms with Crippen LogP contribution in [0.4, 0.5) is 5.95 Å². The fourth-order valence-electron chi connectivity index (χ4n) is 2.46. The molecule has 1 aliphatic rings. The Kier molecular flexibility index (Phi) is 2.98. The van der Waals surface area contributed by atoms with Crippen LogP contribution in [-0.2, 0) is 4.79 Å². The van der Waals surface area contributed by atoms with Crippen molar-refractivity contribution in [1.29, 1.82) is 0 Å². The molecule has 19 heavy (non-hydrogen) atoms. The van der Waals surface area contributed by atoms with E-state index in [2.05, 4.69) is 20.5 Å². The van der Waals surface area contributed by atoms with Crippen molar-refractivity contribution in [2.24, 2.45) is 5.92 Å². The number of carboxylic acid groups (broad SMARTS) is 1. The molecule has 1 fully saturated rings. The Bertz CT molecular complexity index is 616. The van der Waals surface area contributed by atoms with Crippen molar-refractivity contribution < 1.29 is 9.90 Å². The highest BCUT2D eigenvalue weighted by Crippen LogP contribution is 2.27. The van der Waals surface area contributed by atoms with Crippen molar-refractivity contribution in [3.05, 3.63) is 24.3 Å². The van der Waals surface area contributed by atoms with Gasteiger partial charge >= 0.3 is 5.97 Å². The van der Waals surface area contributed by atoms with E-state index in [-0.39, 0.29) is 12.0 Å². The Morgan fingerprint density at radius 1 is 1.21 bits per heavy atom. The van der Waals surface area contributed by atoms with Crippen molar-refractivity contribution >= 4 is 23.0 Å². The molecule has 0 bridgehead atoms. The molecule has 1 heterocycles. The number of aliphatic carboxylic acids is 1. The van der Waals surface area contributed by atoms with Gasteiger partial charge in [0.05, 0.1) is 11.4 Å². The lowest BCUT2D eigenvalue weighted by Gasteiger charge is -2.11. The zero-order valence-corrected chi connectivity index (χ0v) is 10.3. The van der Waals surface area contributed by atoms with E-state index in [4.69, 9.17) is 5.11 Å². The molecule has 6 nitrogen and oxygen atoms in total. The Morgan fingerprint density at radius 3 is 2.74 bits per heavy atom. The second-order valence-corrected chi connectivity index (χ2v) is 4.81. The van der Waals surface area contributed by atoms with Gasteiger partial charge in [0.2, 0.25) is 5.95 Å². The summed E-state index contributed by atoms with van der Waals surface area (Å²) in [4.78, 5) is 15.3. The first-order valence-electron chi connectivity index (χ1n) is 6.31. The molecule has 0 amide bonds.